The summed E-state index contributed by atoms with van der Waals surface area (Å²) in [6.07, 6.45) is 0.161. The van der Waals surface area contributed by atoms with E-state index in [0.29, 0.717) is 0 Å². The summed E-state index contributed by atoms with van der Waals surface area (Å²) < 4.78 is 4.48. The Labute approximate surface area is 112 Å². The zero-order valence-electron chi connectivity index (χ0n) is 11.4. The second kappa shape index (κ2) is 6.89. The third-order valence-corrected chi connectivity index (χ3v) is 2.94. The molecule has 0 spiro atoms. The number of benzene rings is 1. The second-order valence-electron chi connectivity index (χ2n) is 4.42. The van der Waals surface area contributed by atoms with E-state index in [1.807, 2.05) is 32.0 Å². The molecule has 5 heteroatoms. The zero-order chi connectivity index (χ0) is 14.4. The van der Waals surface area contributed by atoms with Crippen molar-refractivity contribution in [3.63, 3.8) is 0 Å². The van der Waals surface area contributed by atoms with Crippen LogP contribution in [0.25, 0.3) is 0 Å². The summed E-state index contributed by atoms with van der Waals surface area (Å²) in [4.78, 5) is 23.0. The fourth-order valence-corrected chi connectivity index (χ4v) is 1.67. The molecule has 0 heterocycles. The lowest BCUT2D eigenvalue weighted by Gasteiger charge is -2.14. The van der Waals surface area contributed by atoms with E-state index in [2.05, 4.69) is 10.1 Å². The number of hydrogen-bond donors (Lipinski definition) is 2. The first-order chi connectivity index (χ1) is 8.97. The normalized spacial score (nSPS) is 11.8. The Morgan fingerprint density at radius 1 is 1.32 bits per heavy atom. The third kappa shape index (κ3) is 4.37. The fourth-order valence-electron chi connectivity index (χ4n) is 1.67. The van der Waals surface area contributed by atoms with Gasteiger partial charge in [-0.1, -0.05) is 18.2 Å². The number of esters is 1. The van der Waals surface area contributed by atoms with Crippen LogP contribution in [-0.2, 0) is 20.7 Å². The second-order valence-corrected chi connectivity index (χ2v) is 4.42. The smallest absolute Gasteiger partial charge is 0.330 e. The van der Waals surface area contributed by atoms with Crippen molar-refractivity contribution in [1.82, 2.24) is 5.32 Å². The van der Waals surface area contributed by atoms with Gasteiger partial charge in [0.05, 0.1) is 20.1 Å². The average molecular weight is 265 g/mol. The quantitative estimate of drug-likeness (QED) is 0.760. The van der Waals surface area contributed by atoms with E-state index in [1.165, 1.54) is 7.11 Å². The number of hydrogen-bond acceptors (Lipinski definition) is 4. The highest BCUT2D eigenvalue weighted by Gasteiger charge is 2.20. The van der Waals surface area contributed by atoms with Crippen LogP contribution in [0.1, 0.15) is 16.7 Å². The Hall–Kier alpha value is -1.88. The molecule has 0 fully saturated rings. The molecule has 5 nitrogen and oxygen atoms in total. The van der Waals surface area contributed by atoms with Crippen molar-refractivity contribution < 1.29 is 19.4 Å². The molecule has 0 aliphatic carbocycles. The zero-order valence-corrected chi connectivity index (χ0v) is 11.4. The molecule has 2 N–H and O–H groups in total. The van der Waals surface area contributed by atoms with Crippen molar-refractivity contribution in [3.8, 4) is 0 Å². The lowest BCUT2D eigenvalue weighted by molar-refractivity contribution is -0.146. The first kappa shape index (κ1) is 15.2. The summed E-state index contributed by atoms with van der Waals surface area (Å²) in [6, 6.07) is 4.74. The molecule has 0 saturated heterocycles. The van der Waals surface area contributed by atoms with Gasteiger partial charge in [-0.3, -0.25) is 4.79 Å². The van der Waals surface area contributed by atoms with E-state index in [-0.39, 0.29) is 12.3 Å². The molecule has 19 heavy (non-hydrogen) atoms. The van der Waals surface area contributed by atoms with Gasteiger partial charge < -0.3 is 15.2 Å². The number of carbonyl (C=O) groups excluding carboxylic acids is 2. The van der Waals surface area contributed by atoms with E-state index in [1.54, 1.807) is 0 Å². The lowest BCUT2D eigenvalue weighted by atomic mass is 10.0. The SMILES string of the molecule is COC(=O)C(CO)NC(=O)Cc1ccc(C)c(C)c1. The van der Waals surface area contributed by atoms with Gasteiger partial charge in [-0.2, -0.15) is 0 Å². The van der Waals surface area contributed by atoms with Crippen molar-refractivity contribution in [1.29, 1.82) is 0 Å². The van der Waals surface area contributed by atoms with E-state index in [9.17, 15) is 9.59 Å². The predicted octanol–water partition coefficient (Wildman–Crippen LogP) is 0.496. The minimum Gasteiger partial charge on any atom is -0.467 e. The van der Waals surface area contributed by atoms with Crippen LogP contribution in [0.15, 0.2) is 18.2 Å². The first-order valence-electron chi connectivity index (χ1n) is 6.02. The molecule has 1 rings (SSSR count). The van der Waals surface area contributed by atoms with Crippen LogP contribution in [0.3, 0.4) is 0 Å². The molecule has 0 aromatic heterocycles. The van der Waals surface area contributed by atoms with Gasteiger partial charge in [-0.15, -0.1) is 0 Å². The molecule has 1 amide bonds. The highest BCUT2D eigenvalue weighted by Crippen LogP contribution is 2.10. The Morgan fingerprint density at radius 3 is 2.53 bits per heavy atom. The molecule has 104 valence electrons. The summed E-state index contributed by atoms with van der Waals surface area (Å²) in [5, 5.41) is 11.4. The largest absolute Gasteiger partial charge is 0.467 e. The molecular weight excluding hydrogens is 246 g/mol. The Morgan fingerprint density at radius 2 is 2.00 bits per heavy atom. The maximum absolute atomic E-state index is 11.8. The van der Waals surface area contributed by atoms with Gasteiger partial charge in [-0.05, 0) is 30.5 Å². The predicted molar refractivity (Wildman–Crippen MR) is 70.7 cm³/mol. The van der Waals surface area contributed by atoms with Crippen molar-refractivity contribution in [2.45, 2.75) is 26.3 Å². The van der Waals surface area contributed by atoms with Gasteiger partial charge in [-0.25, -0.2) is 4.79 Å². The van der Waals surface area contributed by atoms with Crippen LogP contribution < -0.4 is 5.32 Å². The van der Waals surface area contributed by atoms with Crippen LogP contribution in [0.2, 0.25) is 0 Å². The van der Waals surface area contributed by atoms with Crippen molar-refractivity contribution in [2.24, 2.45) is 0 Å². The van der Waals surface area contributed by atoms with Gasteiger partial charge in [0.25, 0.3) is 0 Å². The Balaban J connectivity index is 2.64. The molecule has 0 bridgehead atoms. The summed E-state index contributed by atoms with van der Waals surface area (Å²) in [5.41, 5.74) is 3.13. The highest BCUT2D eigenvalue weighted by molar-refractivity contribution is 5.85. The fraction of sp³-hybridized carbons (Fsp3) is 0.429. The molecule has 0 radical (unpaired) electrons. The summed E-state index contributed by atoms with van der Waals surface area (Å²) >= 11 is 0. The molecule has 1 unspecified atom stereocenters. The van der Waals surface area contributed by atoms with Crippen LogP contribution in [0, 0.1) is 13.8 Å². The van der Waals surface area contributed by atoms with Crippen LogP contribution in [0.5, 0.6) is 0 Å². The number of rotatable bonds is 5. The number of aryl methyl sites for hydroxylation is 2. The van der Waals surface area contributed by atoms with Crippen molar-refractivity contribution >= 4 is 11.9 Å². The van der Waals surface area contributed by atoms with Crippen molar-refractivity contribution in [2.75, 3.05) is 13.7 Å². The maximum atomic E-state index is 11.8. The van der Waals surface area contributed by atoms with Crippen LogP contribution >= 0.6 is 0 Å². The van der Waals surface area contributed by atoms with Gasteiger partial charge in [0.15, 0.2) is 6.04 Å². The lowest BCUT2D eigenvalue weighted by Crippen LogP contribution is -2.44. The minimum absolute atomic E-state index is 0.161. The topological polar surface area (TPSA) is 75.6 Å². The molecule has 1 aromatic carbocycles. The third-order valence-electron chi connectivity index (χ3n) is 2.94. The van der Waals surface area contributed by atoms with E-state index < -0.39 is 18.6 Å². The van der Waals surface area contributed by atoms with Gasteiger partial charge in [0, 0.05) is 0 Å². The first-order valence-corrected chi connectivity index (χ1v) is 6.02. The molecule has 1 atom stereocenters. The van der Waals surface area contributed by atoms with Crippen LogP contribution in [-0.4, -0.2) is 36.7 Å². The number of aliphatic hydroxyl groups excluding tert-OH is 1. The number of ether oxygens (including phenoxy) is 1. The molecular formula is C14H19NO4. The number of nitrogens with one attached hydrogen (secondary N) is 1. The van der Waals surface area contributed by atoms with E-state index in [0.717, 1.165) is 16.7 Å². The summed E-state index contributed by atoms with van der Waals surface area (Å²) in [6.45, 7) is 3.49. The highest BCUT2D eigenvalue weighted by atomic mass is 16.5. The van der Waals surface area contributed by atoms with Gasteiger partial charge >= 0.3 is 5.97 Å². The number of aliphatic hydroxyl groups is 1. The summed E-state index contributed by atoms with van der Waals surface area (Å²) in [7, 11) is 1.21. The summed E-state index contributed by atoms with van der Waals surface area (Å²) in [5.74, 6) is -0.983. The number of amides is 1. The maximum Gasteiger partial charge on any atom is 0.330 e. The number of methoxy groups -OCH3 is 1. The molecule has 0 aliphatic heterocycles. The van der Waals surface area contributed by atoms with Crippen molar-refractivity contribution in [3.05, 3.63) is 34.9 Å². The van der Waals surface area contributed by atoms with Gasteiger partial charge in [0.2, 0.25) is 5.91 Å². The standard InChI is InChI=1S/C14H19NO4/c1-9-4-5-11(6-10(9)2)7-13(17)15-12(8-16)14(18)19-3/h4-6,12,16H,7-8H2,1-3H3,(H,15,17). The van der Waals surface area contributed by atoms with Gasteiger partial charge in [0.1, 0.15) is 0 Å². The average Bonchev–Trinajstić information content (AvgIpc) is 2.39. The monoisotopic (exact) mass is 265 g/mol. The van der Waals surface area contributed by atoms with E-state index >= 15 is 0 Å². The number of carbonyl (C=O) groups is 2. The van der Waals surface area contributed by atoms with E-state index in [4.69, 9.17) is 5.11 Å². The molecule has 0 saturated carbocycles. The Bertz CT molecular complexity index is 471. The van der Waals surface area contributed by atoms with Crippen LogP contribution in [0.4, 0.5) is 0 Å². The molecule has 1 aromatic rings. The molecule has 0 aliphatic rings. The minimum atomic E-state index is -1.01. The Kier molecular flexibility index (Phi) is 5.51.